The lowest BCUT2D eigenvalue weighted by molar-refractivity contribution is -0.316. The van der Waals surface area contributed by atoms with Crippen molar-refractivity contribution in [3.63, 3.8) is 0 Å². The molecule has 2 aliphatic heterocycles. The highest BCUT2D eigenvalue weighted by Crippen LogP contribution is 2.49. The Morgan fingerprint density at radius 3 is 1.88 bits per heavy atom. The molecule has 3 aromatic heterocycles. The molecule has 2 aliphatic rings. The molecule has 5 nitrogen and oxygen atoms in total. The third-order valence-electron chi connectivity index (χ3n) is 9.90. The zero-order chi connectivity index (χ0) is 35.7. The van der Waals surface area contributed by atoms with Gasteiger partial charge in [-0.25, -0.2) is 0 Å². The Labute approximate surface area is 307 Å². The van der Waals surface area contributed by atoms with Crippen LogP contribution in [0.25, 0.3) is 60.1 Å². The van der Waals surface area contributed by atoms with E-state index in [4.69, 9.17) is 14.2 Å². The number of benzene rings is 4. The number of hydrogen-bond acceptors (Lipinski definition) is 5. The lowest BCUT2D eigenvalue weighted by Gasteiger charge is -2.30. The topological polar surface area (TPSA) is 35.6 Å². The molecule has 0 fully saturated rings. The van der Waals surface area contributed by atoms with E-state index in [0.29, 0.717) is 45.2 Å². The Bertz CT molecular complexity index is 2630. The minimum absolute atomic E-state index is 0.455. The van der Waals surface area contributed by atoms with Crippen molar-refractivity contribution in [3.05, 3.63) is 143 Å². The summed E-state index contributed by atoms with van der Waals surface area (Å²) in [4.78, 5) is 3.42. The number of aromatic nitrogens is 1. The van der Waals surface area contributed by atoms with E-state index >= 15 is 8.63 Å². The van der Waals surface area contributed by atoms with Crippen LogP contribution in [0.2, 0.25) is 0 Å². The molecule has 0 N–H and O–H groups in total. The summed E-state index contributed by atoms with van der Waals surface area (Å²) >= 11 is 2.98. The van der Waals surface area contributed by atoms with Crippen LogP contribution in [0.5, 0.6) is 17.2 Å². The van der Waals surface area contributed by atoms with Crippen LogP contribution in [0.3, 0.4) is 0 Å². The summed E-state index contributed by atoms with van der Waals surface area (Å²) in [5.41, 5.74) is 6.28. The van der Waals surface area contributed by atoms with Gasteiger partial charge < -0.3 is 31.8 Å². The van der Waals surface area contributed by atoms with Crippen molar-refractivity contribution < 1.29 is 27.3 Å². The maximum atomic E-state index is 18.0. The minimum atomic E-state index is -4.44. The van der Waals surface area contributed by atoms with Gasteiger partial charge in [0.15, 0.2) is 11.4 Å². The molecule has 0 unspecified atom stereocenters. The summed E-state index contributed by atoms with van der Waals surface area (Å²) < 4.78 is 55.2. The van der Waals surface area contributed by atoms with E-state index < -0.39 is 6.97 Å². The molecule has 10 heteroatoms. The van der Waals surface area contributed by atoms with Gasteiger partial charge in [-0.15, -0.1) is 22.7 Å². The Hall–Kier alpha value is -5.71. The van der Waals surface area contributed by atoms with Crippen molar-refractivity contribution in [1.82, 2.24) is 4.48 Å². The van der Waals surface area contributed by atoms with Crippen LogP contribution in [0, 0.1) is 0 Å². The number of thiophene rings is 2. The SMILES string of the molecule is C=Cc1ccc(-c2ccc(C3=[N+]4C(=Cc5c6ccc(OC)cc6c(-c6ccc(-c7ccc(OC)cc7)s6)n5[B-]4(F)F)c4ccc(OC)cc43)s2)cc1. The third kappa shape index (κ3) is 4.89. The average molecular weight is 725 g/mol. The quantitative estimate of drug-likeness (QED) is 0.146. The molecule has 7 aromatic rings. The van der Waals surface area contributed by atoms with Crippen LogP contribution in [0.1, 0.15) is 27.3 Å². The van der Waals surface area contributed by atoms with Crippen LogP contribution in [0.15, 0.2) is 116 Å². The Balaban J connectivity index is 1.29. The number of fused-ring (bicyclic) bond motifs is 6. The average Bonchev–Trinajstić information content (AvgIpc) is 3.99. The zero-order valence-electron chi connectivity index (χ0n) is 28.5. The Kier molecular flexibility index (Phi) is 7.57. The van der Waals surface area contributed by atoms with Gasteiger partial charge in [0, 0.05) is 42.9 Å². The number of nitrogens with zero attached hydrogens (tertiary/aromatic N) is 2. The molecule has 4 aromatic carbocycles. The van der Waals surface area contributed by atoms with Gasteiger partial charge in [0.2, 0.25) is 0 Å². The van der Waals surface area contributed by atoms with Crippen LogP contribution in [-0.4, -0.2) is 43.0 Å². The second-order valence-corrected chi connectivity index (χ2v) is 14.8. The van der Waals surface area contributed by atoms with Gasteiger partial charge in [0.25, 0.3) is 0 Å². The molecule has 9 rings (SSSR count). The molecule has 0 bridgehead atoms. The first-order valence-electron chi connectivity index (χ1n) is 16.7. The highest BCUT2D eigenvalue weighted by Gasteiger charge is 2.56. The van der Waals surface area contributed by atoms with Crippen LogP contribution in [-0.2, 0) is 0 Å². The molecule has 0 spiro atoms. The molecule has 0 radical (unpaired) electrons. The molecule has 0 saturated carbocycles. The standard InChI is InChI=1S/C42H31BF2N2O3S2/c1-5-25-6-8-26(9-7-25)37-18-20-39(51-37)41-33-22-29(49-3)14-16-31(33)35-24-36-32-17-15-30(50-4)23-34(32)42(47(36)43(44,45)46(35)41)40-21-19-38(52-40)27-10-12-28(48-2)13-11-27/h5-24H,1H2,2-4H3. The third-order valence-corrected chi connectivity index (χ3v) is 12.2. The molecule has 0 atom stereocenters. The first-order chi connectivity index (χ1) is 25.3. The summed E-state index contributed by atoms with van der Waals surface area (Å²) in [5, 5.41) is 1.43. The number of halogens is 2. The second-order valence-electron chi connectivity index (χ2n) is 12.6. The van der Waals surface area contributed by atoms with Gasteiger partial charge >= 0.3 is 6.97 Å². The zero-order valence-corrected chi connectivity index (χ0v) is 30.2. The Morgan fingerprint density at radius 1 is 0.635 bits per heavy atom. The smallest absolute Gasteiger partial charge is 0.497 e. The van der Waals surface area contributed by atoms with E-state index in [0.717, 1.165) is 52.9 Å². The lowest BCUT2D eigenvalue weighted by Crippen LogP contribution is -2.50. The van der Waals surface area contributed by atoms with Gasteiger partial charge in [-0.05, 0) is 102 Å². The largest absolute Gasteiger partial charge is 0.738 e. The van der Waals surface area contributed by atoms with E-state index in [1.807, 2.05) is 115 Å². The molecule has 5 heterocycles. The number of rotatable bonds is 8. The number of hydrogen-bond donors (Lipinski definition) is 0. The van der Waals surface area contributed by atoms with Crippen molar-refractivity contribution in [1.29, 1.82) is 0 Å². The van der Waals surface area contributed by atoms with E-state index in [1.165, 1.54) is 31.6 Å². The van der Waals surface area contributed by atoms with Crippen molar-refractivity contribution in [2.45, 2.75) is 0 Å². The minimum Gasteiger partial charge on any atom is -0.497 e. The van der Waals surface area contributed by atoms with E-state index in [-0.39, 0.29) is 0 Å². The predicted octanol–water partition coefficient (Wildman–Crippen LogP) is 11.0. The summed E-state index contributed by atoms with van der Waals surface area (Å²) in [5.74, 6) is 1.96. The second kappa shape index (κ2) is 12.2. The van der Waals surface area contributed by atoms with Crippen molar-refractivity contribution in [2.75, 3.05) is 21.3 Å². The molecule has 0 aliphatic carbocycles. The molecular formula is C42H31BF2N2O3S2. The molecule has 0 amide bonds. The van der Waals surface area contributed by atoms with Crippen molar-refractivity contribution in [3.8, 4) is 48.7 Å². The number of ether oxygens (including phenoxy) is 3. The predicted molar refractivity (Wildman–Crippen MR) is 211 cm³/mol. The molecular weight excluding hydrogens is 693 g/mol. The number of methoxy groups -OCH3 is 3. The van der Waals surface area contributed by atoms with Gasteiger partial charge in [-0.2, -0.15) is 0 Å². The fraction of sp³-hybridized carbons (Fsp3) is 0.0714. The van der Waals surface area contributed by atoms with Crippen LogP contribution in [0.4, 0.5) is 8.63 Å². The van der Waals surface area contributed by atoms with Gasteiger partial charge in [-0.3, -0.25) is 0 Å². The highest BCUT2D eigenvalue weighted by molar-refractivity contribution is 7.19. The Morgan fingerprint density at radius 2 is 1.21 bits per heavy atom. The van der Waals surface area contributed by atoms with E-state index in [9.17, 15) is 0 Å². The summed E-state index contributed by atoms with van der Waals surface area (Å²) in [6.45, 7) is -0.577. The fourth-order valence-corrected chi connectivity index (χ4v) is 9.50. The van der Waals surface area contributed by atoms with E-state index in [2.05, 4.69) is 6.58 Å². The molecule has 52 heavy (non-hydrogen) atoms. The van der Waals surface area contributed by atoms with Crippen LogP contribution < -0.4 is 14.2 Å². The molecule has 0 saturated heterocycles. The van der Waals surface area contributed by atoms with Crippen molar-refractivity contribution >= 4 is 64.0 Å². The van der Waals surface area contributed by atoms with Crippen LogP contribution >= 0.6 is 22.7 Å². The summed E-state index contributed by atoms with van der Waals surface area (Å²) in [7, 11) is 4.82. The van der Waals surface area contributed by atoms with Gasteiger partial charge in [-0.1, -0.05) is 36.9 Å². The molecule has 256 valence electrons. The monoisotopic (exact) mass is 724 g/mol. The van der Waals surface area contributed by atoms with Crippen molar-refractivity contribution in [2.24, 2.45) is 0 Å². The summed E-state index contributed by atoms with van der Waals surface area (Å²) in [6, 6.07) is 34.9. The lowest BCUT2D eigenvalue weighted by atomic mass is 9.89. The maximum absolute atomic E-state index is 18.0. The summed E-state index contributed by atoms with van der Waals surface area (Å²) in [6.07, 6.45) is 3.71. The van der Waals surface area contributed by atoms with E-state index in [1.54, 1.807) is 27.4 Å². The van der Waals surface area contributed by atoms with Gasteiger partial charge in [0.1, 0.15) is 17.2 Å². The first kappa shape index (κ1) is 32.2. The first-order valence-corrected chi connectivity index (χ1v) is 18.3. The highest BCUT2D eigenvalue weighted by atomic mass is 32.1. The normalized spacial score (nSPS) is 14.1. The van der Waals surface area contributed by atoms with Gasteiger partial charge in [0.05, 0.1) is 37.3 Å². The maximum Gasteiger partial charge on any atom is 0.738 e. The fourth-order valence-electron chi connectivity index (χ4n) is 7.37.